The summed E-state index contributed by atoms with van der Waals surface area (Å²) in [6.07, 6.45) is 4.52. The van der Waals surface area contributed by atoms with Crippen molar-refractivity contribution in [3.63, 3.8) is 0 Å². The highest BCUT2D eigenvalue weighted by Gasteiger charge is 2.28. The second kappa shape index (κ2) is 4.33. The third-order valence-electron chi connectivity index (χ3n) is 2.80. The van der Waals surface area contributed by atoms with E-state index in [4.69, 9.17) is 16.3 Å². The van der Waals surface area contributed by atoms with Crippen LogP contribution in [-0.4, -0.2) is 35.8 Å². The van der Waals surface area contributed by atoms with Crippen LogP contribution in [0.25, 0.3) is 0 Å². The molecule has 2 atom stereocenters. The molecule has 0 N–H and O–H groups in total. The fraction of sp³-hybridized carbons (Fsp3) is 0.600. The first kappa shape index (κ1) is 10.6. The summed E-state index contributed by atoms with van der Waals surface area (Å²) in [5.41, 5.74) is 0. The first-order chi connectivity index (χ1) is 7.18. The van der Waals surface area contributed by atoms with Crippen molar-refractivity contribution < 1.29 is 4.74 Å². The van der Waals surface area contributed by atoms with Crippen LogP contribution in [0.5, 0.6) is 0 Å². The highest BCUT2D eigenvalue weighted by molar-refractivity contribution is 6.29. The number of nitrogens with zero attached hydrogens (tertiary/aromatic N) is 3. The third-order valence-corrected chi connectivity index (χ3v) is 3.00. The van der Waals surface area contributed by atoms with E-state index in [2.05, 4.69) is 21.8 Å². The van der Waals surface area contributed by atoms with E-state index in [0.29, 0.717) is 11.2 Å². The van der Waals surface area contributed by atoms with Crippen molar-refractivity contribution in [2.24, 2.45) is 0 Å². The van der Waals surface area contributed by atoms with Gasteiger partial charge in [0.2, 0.25) is 0 Å². The lowest BCUT2D eigenvalue weighted by Gasteiger charge is -2.27. The van der Waals surface area contributed by atoms with Crippen LogP contribution < -0.4 is 4.90 Å². The van der Waals surface area contributed by atoms with Gasteiger partial charge in [-0.05, 0) is 13.3 Å². The lowest BCUT2D eigenvalue weighted by atomic mass is 10.1. The Morgan fingerprint density at radius 1 is 1.47 bits per heavy atom. The summed E-state index contributed by atoms with van der Waals surface area (Å²) in [4.78, 5) is 10.3. The van der Waals surface area contributed by atoms with Gasteiger partial charge in [-0.25, -0.2) is 9.97 Å². The summed E-state index contributed by atoms with van der Waals surface area (Å²) in [7, 11) is 2.01. The average molecular weight is 228 g/mol. The fourth-order valence-corrected chi connectivity index (χ4v) is 1.98. The number of likely N-dealkylation sites (N-methyl/N-ethyl adjacent to an activating group) is 1. The molecule has 0 spiro atoms. The Morgan fingerprint density at radius 2 is 2.27 bits per heavy atom. The van der Waals surface area contributed by atoms with Crippen LogP contribution in [0.1, 0.15) is 13.3 Å². The second-order valence-corrected chi connectivity index (χ2v) is 4.13. The van der Waals surface area contributed by atoms with Crippen molar-refractivity contribution in [2.45, 2.75) is 25.5 Å². The molecule has 0 aromatic carbocycles. The van der Waals surface area contributed by atoms with Gasteiger partial charge in [0.25, 0.3) is 0 Å². The number of anilines is 1. The van der Waals surface area contributed by atoms with Crippen LogP contribution >= 0.6 is 11.6 Å². The molecule has 0 bridgehead atoms. The molecule has 1 saturated heterocycles. The number of aromatic nitrogens is 2. The molecule has 2 unspecified atom stereocenters. The molecule has 1 aromatic heterocycles. The average Bonchev–Trinajstić information content (AvgIpc) is 2.65. The summed E-state index contributed by atoms with van der Waals surface area (Å²) in [5.74, 6) is 0.835. The zero-order valence-electron chi connectivity index (χ0n) is 8.85. The van der Waals surface area contributed by atoms with Crippen molar-refractivity contribution in [2.75, 3.05) is 18.6 Å². The summed E-state index contributed by atoms with van der Waals surface area (Å²) in [6.45, 7) is 2.90. The van der Waals surface area contributed by atoms with Gasteiger partial charge in [-0.15, -0.1) is 0 Å². The molecule has 15 heavy (non-hydrogen) atoms. The summed E-state index contributed by atoms with van der Waals surface area (Å²) in [6, 6.07) is 0.375. The molecule has 0 aliphatic carbocycles. The molecule has 1 aliphatic heterocycles. The largest absolute Gasteiger partial charge is 0.376 e. The van der Waals surface area contributed by atoms with Gasteiger partial charge in [0.15, 0.2) is 0 Å². The van der Waals surface area contributed by atoms with Gasteiger partial charge in [-0.3, -0.25) is 0 Å². The number of hydrogen-bond acceptors (Lipinski definition) is 4. The van der Waals surface area contributed by atoms with E-state index < -0.39 is 0 Å². The number of hydrogen-bond donors (Lipinski definition) is 0. The van der Waals surface area contributed by atoms with E-state index in [-0.39, 0.29) is 6.10 Å². The van der Waals surface area contributed by atoms with E-state index in [1.807, 2.05) is 7.05 Å². The van der Waals surface area contributed by atoms with E-state index in [1.54, 1.807) is 12.4 Å². The molecule has 1 fully saturated rings. The maximum absolute atomic E-state index is 5.69. The minimum Gasteiger partial charge on any atom is -0.376 e. The van der Waals surface area contributed by atoms with E-state index in [0.717, 1.165) is 18.8 Å². The smallest absolute Gasteiger partial charge is 0.147 e. The van der Waals surface area contributed by atoms with Crippen molar-refractivity contribution in [3.8, 4) is 0 Å². The van der Waals surface area contributed by atoms with Crippen molar-refractivity contribution in [1.29, 1.82) is 0 Å². The highest BCUT2D eigenvalue weighted by atomic mass is 35.5. The summed E-state index contributed by atoms with van der Waals surface area (Å²) in [5, 5.41) is 0.419. The van der Waals surface area contributed by atoms with E-state index >= 15 is 0 Å². The molecule has 0 amide bonds. The second-order valence-electron chi connectivity index (χ2n) is 3.74. The van der Waals surface area contributed by atoms with Crippen LogP contribution in [0, 0.1) is 0 Å². The van der Waals surface area contributed by atoms with Gasteiger partial charge in [-0.2, -0.15) is 0 Å². The van der Waals surface area contributed by atoms with E-state index in [9.17, 15) is 0 Å². The van der Waals surface area contributed by atoms with Crippen LogP contribution in [0.3, 0.4) is 0 Å². The first-order valence-electron chi connectivity index (χ1n) is 5.00. The van der Waals surface area contributed by atoms with E-state index in [1.165, 1.54) is 0 Å². The highest BCUT2D eigenvalue weighted by Crippen LogP contribution is 2.22. The molecule has 1 aliphatic rings. The van der Waals surface area contributed by atoms with Crippen molar-refractivity contribution in [1.82, 2.24) is 9.97 Å². The van der Waals surface area contributed by atoms with Crippen molar-refractivity contribution >= 4 is 17.4 Å². The molecule has 2 heterocycles. The standard InChI is InChI=1S/C10H14ClN3O/c1-7-8(3-4-15-7)14(2)10-6-12-9(11)5-13-10/h5-8H,3-4H2,1-2H3. The Labute approximate surface area is 94.2 Å². The molecule has 2 rings (SSSR count). The maximum Gasteiger partial charge on any atom is 0.147 e. The molecule has 5 heteroatoms. The minimum atomic E-state index is 0.243. The molecule has 1 aromatic rings. The number of halogens is 1. The van der Waals surface area contributed by atoms with Crippen LogP contribution in [-0.2, 0) is 4.74 Å². The van der Waals surface area contributed by atoms with Crippen LogP contribution in [0.2, 0.25) is 5.15 Å². The minimum absolute atomic E-state index is 0.243. The van der Waals surface area contributed by atoms with Gasteiger partial charge in [0, 0.05) is 13.7 Å². The quantitative estimate of drug-likeness (QED) is 0.772. The lowest BCUT2D eigenvalue weighted by Crippen LogP contribution is -2.37. The molecule has 0 radical (unpaired) electrons. The van der Waals surface area contributed by atoms with Gasteiger partial charge in [-0.1, -0.05) is 11.6 Å². The van der Waals surface area contributed by atoms with Gasteiger partial charge >= 0.3 is 0 Å². The predicted octanol–water partition coefficient (Wildman–Crippen LogP) is 1.74. The molecule has 0 saturated carbocycles. The Balaban J connectivity index is 2.13. The Kier molecular flexibility index (Phi) is 3.07. The SMILES string of the molecule is CC1OCCC1N(C)c1cnc(Cl)cn1. The lowest BCUT2D eigenvalue weighted by molar-refractivity contribution is 0.118. The van der Waals surface area contributed by atoms with Crippen LogP contribution in [0.15, 0.2) is 12.4 Å². The number of ether oxygens (including phenoxy) is 1. The normalized spacial score (nSPS) is 25.5. The summed E-state index contributed by atoms with van der Waals surface area (Å²) < 4.78 is 5.52. The Bertz CT molecular complexity index is 330. The fourth-order valence-electron chi connectivity index (χ4n) is 1.89. The monoisotopic (exact) mass is 227 g/mol. The van der Waals surface area contributed by atoms with Gasteiger partial charge in [0.1, 0.15) is 11.0 Å². The molecular formula is C10H14ClN3O. The van der Waals surface area contributed by atoms with Crippen LogP contribution in [0.4, 0.5) is 5.82 Å². The van der Waals surface area contributed by atoms with Crippen molar-refractivity contribution in [3.05, 3.63) is 17.5 Å². The molecule has 4 nitrogen and oxygen atoms in total. The molecule has 82 valence electrons. The maximum atomic E-state index is 5.69. The number of rotatable bonds is 2. The Hall–Kier alpha value is -0.870. The zero-order chi connectivity index (χ0) is 10.8. The Morgan fingerprint density at radius 3 is 2.80 bits per heavy atom. The van der Waals surface area contributed by atoms with Gasteiger partial charge in [0.05, 0.1) is 24.5 Å². The summed E-state index contributed by atoms with van der Waals surface area (Å²) >= 11 is 5.69. The molecular weight excluding hydrogens is 214 g/mol. The first-order valence-corrected chi connectivity index (χ1v) is 5.38. The van der Waals surface area contributed by atoms with Gasteiger partial charge < -0.3 is 9.64 Å². The zero-order valence-corrected chi connectivity index (χ0v) is 9.61. The topological polar surface area (TPSA) is 38.2 Å². The third kappa shape index (κ3) is 2.21. The predicted molar refractivity (Wildman–Crippen MR) is 59.3 cm³/mol.